The van der Waals surface area contributed by atoms with Gasteiger partial charge in [0.05, 0.1) is 24.2 Å². The van der Waals surface area contributed by atoms with Crippen molar-refractivity contribution in [2.75, 3.05) is 0 Å². The first-order chi connectivity index (χ1) is 7.36. The third kappa shape index (κ3) is 2.70. The second kappa shape index (κ2) is 4.49. The molecule has 1 N–H and O–H groups in total. The number of hydrogen-bond acceptors (Lipinski definition) is 2. The Morgan fingerprint density at radius 2 is 2.00 bits per heavy atom. The Balaban J connectivity index is 3.13. The average Bonchev–Trinajstić information content (AvgIpc) is 2.16. The molecule has 0 saturated carbocycles. The fourth-order valence-corrected chi connectivity index (χ4v) is 1.17. The largest absolute Gasteiger partial charge is 0.419 e. The molecule has 1 rings (SSSR count). The fourth-order valence-electron chi connectivity index (χ4n) is 1.17. The molecule has 0 heterocycles. The van der Waals surface area contributed by atoms with Gasteiger partial charge in [-0.15, -0.1) is 0 Å². The molecule has 86 valence electrons. The van der Waals surface area contributed by atoms with Gasteiger partial charge in [0.2, 0.25) is 0 Å². The zero-order chi connectivity index (χ0) is 12.3. The van der Waals surface area contributed by atoms with Gasteiger partial charge in [-0.05, 0) is 17.7 Å². The van der Waals surface area contributed by atoms with Crippen LogP contribution in [-0.2, 0) is 6.18 Å². The van der Waals surface area contributed by atoms with Crippen LogP contribution in [0.4, 0.5) is 17.6 Å². The lowest BCUT2D eigenvalue weighted by Crippen LogP contribution is -2.09. The molecule has 16 heavy (non-hydrogen) atoms. The van der Waals surface area contributed by atoms with Crippen LogP contribution in [0, 0.1) is 17.1 Å². The van der Waals surface area contributed by atoms with E-state index in [1.165, 1.54) is 0 Å². The third-order valence-corrected chi connectivity index (χ3v) is 1.97. The van der Waals surface area contributed by atoms with E-state index >= 15 is 0 Å². The lowest BCUT2D eigenvalue weighted by atomic mass is 10.0. The molecule has 0 aliphatic carbocycles. The Morgan fingerprint density at radius 1 is 1.38 bits per heavy atom. The number of aliphatic hydroxyl groups excluding tert-OH is 1. The number of alkyl halides is 3. The number of benzene rings is 1. The van der Waals surface area contributed by atoms with Crippen LogP contribution in [-0.4, -0.2) is 5.11 Å². The van der Waals surface area contributed by atoms with E-state index in [2.05, 4.69) is 0 Å². The van der Waals surface area contributed by atoms with Gasteiger partial charge in [-0.1, -0.05) is 6.07 Å². The minimum Gasteiger partial charge on any atom is -0.387 e. The molecule has 0 saturated heterocycles. The van der Waals surface area contributed by atoms with Crippen molar-refractivity contribution in [1.82, 2.24) is 0 Å². The zero-order valence-corrected chi connectivity index (χ0v) is 7.92. The van der Waals surface area contributed by atoms with Gasteiger partial charge in [0.15, 0.2) is 0 Å². The highest BCUT2D eigenvalue weighted by atomic mass is 19.4. The Kier molecular flexibility index (Phi) is 3.50. The van der Waals surface area contributed by atoms with Gasteiger partial charge in [0.1, 0.15) is 5.82 Å². The first-order valence-electron chi connectivity index (χ1n) is 4.28. The van der Waals surface area contributed by atoms with E-state index in [9.17, 15) is 22.7 Å². The van der Waals surface area contributed by atoms with E-state index in [0.717, 1.165) is 6.07 Å². The number of rotatable bonds is 2. The van der Waals surface area contributed by atoms with E-state index in [0.29, 0.717) is 12.1 Å². The molecule has 2 nitrogen and oxygen atoms in total. The summed E-state index contributed by atoms with van der Waals surface area (Å²) >= 11 is 0. The molecule has 1 aromatic carbocycles. The van der Waals surface area contributed by atoms with E-state index < -0.39 is 23.7 Å². The first kappa shape index (κ1) is 12.5. The summed E-state index contributed by atoms with van der Waals surface area (Å²) in [6.45, 7) is 0. The summed E-state index contributed by atoms with van der Waals surface area (Å²) in [7, 11) is 0. The molecule has 0 bridgehead atoms. The summed E-state index contributed by atoms with van der Waals surface area (Å²) in [5, 5.41) is 17.6. The third-order valence-electron chi connectivity index (χ3n) is 1.97. The topological polar surface area (TPSA) is 44.0 Å². The predicted octanol–water partition coefficient (Wildman–Crippen LogP) is 2.79. The number of hydrogen-bond donors (Lipinski definition) is 1. The normalized spacial score (nSPS) is 13.2. The number of aliphatic hydroxyl groups is 1. The van der Waals surface area contributed by atoms with Crippen molar-refractivity contribution in [3.63, 3.8) is 0 Å². The maximum atomic E-state index is 12.8. The maximum absolute atomic E-state index is 12.8. The Morgan fingerprint density at radius 3 is 2.50 bits per heavy atom. The van der Waals surface area contributed by atoms with E-state index in [4.69, 9.17) is 5.26 Å². The van der Waals surface area contributed by atoms with Crippen molar-refractivity contribution < 1.29 is 22.7 Å². The van der Waals surface area contributed by atoms with Crippen molar-refractivity contribution in [3.8, 4) is 6.07 Å². The highest BCUT2D eigenvalue weighted by Gasteiger charge is 2.34. The van der Waals surface area contributed by atoms with Crippen molar-refractivity contribution in [3.05, 3.63) is 35.1 Å². The Labute approximate surface area is 88.7 Å². The van der Waals surface area contributed by atoms with Crippen molar-refractivity contribution in [2.24, 2.45) is 0 Å². The molecule has 1 atom stereocenters. The summed E-state index contributed by atoms with van der Waals surface area (Å²) in [6, 6.07) is 3.77. The van der Waals surface area contributed by atoms with Crippen LogP contribution in [0.3, 0.4) is 0 Å². The molecule has 6 heteroatoms. The monoisotopic (exact) mass is 233 g/mol. The molecule has 0 spiro atoms. The SMILES string of the molecule is N#CCC(O)c1ccc(F)c(C(F)(F)F)c1. The lowest BCUT2D eigenvalue weighted by molar-refractivity contribution is -0.140. The average molecular weight is 233 g/mol. The molecular weight excluding hydrogens is 226 g/mol. The minimum absolute atomic E-state index is 0.129. The standard InChI is InChI=1S/C10H7F4NO/c11-8-2-1-6(9(16)3-4-15)5-7(8)10(12,13)14/h1-2,5,9,16H,3H2. The van der Waals surface area contributed by atoms with Gasteiger partial charge in [-0.25, -0.2) is 4.39 Å². The molecular formula is C10H7F4NO. The van der Waals surface area contributed by atoms with E-state index in [-0.39, 0.29) is 12.0 Å². The molecule has 1 aromatic rings. The van der Waals surface area contributed by atoms with E-state index in [1.54, 1.807) is 6.07 Å². The van der Waals surface area contributed by atoms with Gasteiger partial charge in [0, 0.05) is 0 Å². The van der Waals surface area contributed by atoms with Crippen LogP contribution < -0.4 is 0 Å². The van der Waals surface area contributed by atoms with E-state index in [1.807, 2.05) is 0 Å². The number of nitrogens with zero attached hydrogens (tertiary/aromatic N) is 1. The molecule has 0 aliphatic rings. The Bertz CT molecular complexity index is 422. The number of nitriles is 1. The fraction of sp³-hybridized carbons (Fsp3) is 0.300. The van der Waals surface area contributed by atoms with Gasteiger partial charge in [-0.3, -0.25) is 0 Å². The number of halogens is 4. The van der Waals surface area contributed by atoms with Gasteiger partial charge in [-0.2, -0.15) is 18.4 Å². The second-order valence-electron chi connectivity index (χ2n) is 3.12. The quantitative estimate of drug-likeness (QED) is 0.798. The van der Waals surface area contributed by atoms with Crippen LogP contribution in [0.15, 0.2) is 18.2 Å². The van der Waals surface area contributed by atoms with Gasteiger partial charge >= 0.3 is 6.18 Å². The smallest absolute Gasteiger partial charge is 0.387 e. The van der Waals surface area contributed by atoms with Crippen LogP contribution in [0.25, 0.3) is 0 Å². The highest BCUT2D eigenvalue weighted by Crippen LogP contribution is 2.33. The molecule has 0 aliphatic heterocycles. The zero-order valence-electron chi connectivity index (χ0n) is 7.92. The Hall–Kier alpha value is -1.61. The lowest BCUT2D eigenvalue weighted by Gasteiger charge is -2.12. The van der Waals surface area contributed by atoms with Crippen LogP contribution >= 0.6 is 0 Å². The summed E-state index contributed by atoms with van der Waals surface area (Å²) in [6.07, 6.45) is -6.50. The second-order valence-corrected chi connectivity index (χ2v) is 3.12. The molecule has 0 fully saturated rings. The highest BCUT2D eigenvalue weighted by molar-refractivity contribution is 5.29. The molecule has 1 unspecified atom stereocenters. The molecule has 0 aromatic heterocycles. The summed E-state index contributed by atoms with van der Waals surface area (Å²) in [4.78, 5) is 0. The van der Waals surface area contributed by atoms with Crippen molar-refractivity contribution >= 4 is 0 Å². The van der Waals surface area contributed by atoms with Crippen LogP contribution in [0.1, 0.15) is 23.7 Å². The molecule has 0 radical (unpaired) electrons. The molecule has 0 amide bonds. The van der Waals surface area contributed by atoms with Crippen LogP contribution in [0.5, 0.6) is 0 Å². The maximum Gasteiger partial charge on any atom is 0.419 e. The van der Waals surface area contributed by atoms with Crippen molar-refractivity contribution in [2.45, 2.75) is 18.7 Å². The van der Waals surface area contributed by atoms with Crippen molar-refractivity contribution in [1.29, 1.82) is 5.26 Å². The van der Waals surface area contributed by atoms with Crippen LogP contribution in [0.2, 0.25) is 0 Å². The minimum atomic E-state index is -4.81. The summed E-state index contributed by atoms with van der Waals surface area (Å²) in [5.74, 6) is -1.40. The van der Waals surface area contributed by atoms with Gasteiger partial charge < -0.3 is 5.11 Å². The van der Waals surface area contributed by atoms with Gasteiger partial charge in [0.25, 0.3) is 0 Å². The summed E-state index contributed by atoms with van der Waals surface area (Å²) < 4.78 is 49.7. The first-order valence-corrected chi connectivity index (χ1v) is 4.28. The predicted molar refractivity (Wildman–Crippen MR) is 46.6 cm³/mol. The summed E-state index contributed by atoms with van der Waals surface area (Å²) in [5.41, 5.74) is -1.57.